The van der Waals surface area contributed by atoms with Crippen LogP contribution in [0.5, 0.6) is 0 Å². The van der Waals surface area contributed by atoms with Crippen molar-refractivity contribution in [2.75, 3.05) is 6.54 Å². The number of carbonyl (C=O) groups excluding carboxylic acids is 1. The highest BCUT2D eigenvalue weighted by Crippen LogP contribution is 2.47. The van der Waals surface area contributed by atoms with Crippen LogP contribution in [0, 0.1) is 4.77 Å². The monoisotopic (exact) mass is 329 g/mol. The molecule has 4 rings (SSSR count). The molecule has 6 heteroatoms. The lowest BCUT2D eigenvalue weighted by Gasteiger charge is -2.58. The first kappa shape index (κ1) is 14.6. The molecule has 1 spiro atoms. The number of aromatic nitrogens is 2. The second-order valence-electron chi connectivity index (χ2n) is 6.52. The van der Waals surface area contributed by atoms with Crippen LogP contribution in [0.1, 0.15) is 43.0 Å². The zero-order valence-corrected chi connectivity index (χ0v) is 13.9. The van der Waals surface area contributed by atoms with Gasteiger partial charge in [-0.1, -0.05) is 0 Å². The topological polar surface area (TPSA) is 58.1 Å². The van der Waals surface area contributed by atoms with Crippen molar-refractivity contribution in [3.05, 3.63) is 38.9 Å². The number of fused-ring (bicyclic) bond motifs is 1. The highest BCUT2D eigenvalue weighted by Gasteiger charge is 2.51. The summed E-state index contributed by atoms with van der Waals surface area (Å²) in [6.07, 6.45) is 4.58. The molecule has 23 heavy (non-hydrogen) atoms. The van der Waals surface area contributed by atoms with Crippen molar-refractivity contribution in [3.63, 3.8) is 0 Å². The Morgan fingerprint density at radius 3 is 2.70 bits per heavy atom. The van der Waals surface area contributed by atoms with E-state index in [0.29, 0.717) is 27.8 Å². The highest BCUT2D eigenvalue weighted by molar-refractivity contribution is 7.71. The van der Waals surface area contributed by atoms with Gasteiger partial charge in [0.2, 0.25) is 0 Å². The fraction of sp³-hybridized carbons (Fsp3) is 0.471. The zero-order valence-electron chi connectivity index (χ0n) is 13.1. The van der Waals surface area contributed by atoms with E-state index in [1.54, 1.807) is 18.2 Å². The summed E-state index contributed by atoms with van der Waals surface area (Å²) in [6.45, 7) is 3.25. The van der Waals surface area contributed by atoms with Crippen molar-refractivity contribution in [2.24, 2.45) is 0 Å². The standard InChI is InChI=1S/C17H19N3O2S/c1-2-19-15(22)12-5-4-11(10-13(12)18-16(19)23)14(21)20-9-8-17(20)6-3-7-17/h4-5,10H,2-3,6-9H2,1H3,(H,18,23). The maximum absolute atomic E-state index is 12.8. The molecule has 5 nitrogen and oxygen atoms in total. The Kier molecular flexibility index (Phi) is 3.20. The number of hydrogen-bond acceptors (Lipinski definition) is 3. The number of hydrogen-bond donors (Lipinski definition) is 1. The van der Waals surface area contributed by atoms with Gasteiger partial charge in [-0.15, -0.1) is 0 Å². The van der Waals surface area contributed by atoms with Crippen molar-refractivity contribution in [1.82, 2.24) is 14.5 Å². The van der Waals surface area contributed by atoms with Gasteiger partial charge in [-0.3, -0.25) is 14.2 Å². The molecule has 2 aliphatic rings. The molecule has 1 aliphatic heterocycles. The summed E-state index contributed by atoms with van der Waals surface area (Å²) >= 11 is 5.24. The van der Waals surface area contributed by atoms with E-state index in [9.17, 15) is 9.59 Å². The fourth-order valence-electron chi connectivity index (χ4n) is 3.79. The summed E-state index contributed by atoms with van der Waals surface area (Å²) in [4.78, 5) is 30.3. The Hall–Kier alpha value is -1.95. The van der Waals surface area contributed by atoms with E-state index in [4.69, 9.17) is 12.2 Å². The van der Waals surface area contributed by atoms with Crippen LogP contribution in [0.25, 0.3) is 10.9 Å². The molecule has 0 unspecified atom stereocenters. The number of rotatable bonds is 2. The quantitative estimate of drug-likeness (QED) is 0.862. The summed E-state index contributed by atoms with van der Waals surface area (Å²) in [5.41, 5.74) is 1.29. The van der Waals surface area contributed by atoms with Gasteiger partial charge in [-0.2, -0.15) is 0 Å². The Bertz CT molecular complexity index is 918. The molecule has 1 amide bonds. The van der Waals surface area contributed by atoms with Gasteiger partial charge in [-0.25, -0.2) is 0 Å². The normalized spacial score (nSPS) is 18.7. The minimum atomic E-state index is -0.107. The van der Waals surface area contributed by atoms with Gasteiger partial charge < -0.3 is 9.88 Å². The summed E-state index contributed by atoms with van der Waals surface area (Å²) in [5.74, 6) is 0.0665. The molecule has 0 atom stereocenters. The second-order valence-corrected chi connectivity index (χ2v) is 6.91. The minimum absolute atomic E-state index is 0.0665. The van der Waals surface area contributed by atoms with E-state index in [1.807, 2.05) is 11.8 Å². The molecule has 120 valence electrons. The predicted molar refractivity (Wildman–Crippen MR) is 91.3 cm³/mol. The smallest absolute Gasteiger partial charge is 0.262 e. The predicted octanol–water partition coefficient (Wildman–Crippen LogP) is 2.85. The first-order chi connectivity index (χ1) is 11.1. The van der Waals surface area contributed by atoms with E-state index < -0.39 is 0 Å². The number of benzene rings is 1. The van der Waals surface area contributed by atoms with Crippen LogP contribution in [0.2, 0.25) is 0 Å². The van der Waals surface area contributed by atoms with Gasteiger partial charge in [-0.05, 0) is 63.0 Å². The first-order valence-electron chi connectivity index (χ1n) is 8.15. The number of nitrogens with zero attached hydrogens (tertiary/aromatic N) is 2. The summed E-state index contributed by atoms with van der Waals surface area (Å²) in [7, 11) is 0. The largest absolute Gasteiger partial charge is 0.333 e. The molecule has 2 fully saturated rings. The highest BCUT2D eigenvalue weighted by atomic mass is 32.1. The number of carbonyl (C=O) groups is 1. The van der Waals surface area contributed by atoms with Crippen LogP contribution < -0.4 is 5.56 Å². The Morgan fingerprint density at radius 2 is 2.13 bits per heavy atom. The van der Waals surface area contributed by atoms with Crippen molar-refractivity contribution >= 4 is 29.0 Å². The SMILES string of the molecule is CCn1c(=S)[nH]c2cc(C(=O)N3CCC34CCC4)ccc2c1=O. The molecular weight excluding hydrogens is 310 g/mol. The molecule has 1 N–H and O–H groups in total. The van der Waals surface area contributed by atoms with E-state index in [1.165, 1.54) is 11.0 Å². The number of H-pyrrole nitrogens is 1. The minimum Gasteiger partial charge on any atom is -0.333 e. The van der Waals surface area contributed by atoms with E-state index in [-0.39, 0.29) is 17.0 Å². The lowest BCUT2D eigenvalue weighted by molar-refractivity contribution is -0.0487. The molecule has 1 aromatic carbocycles. The molecule has 1 saturated heterocycles. The number of nitrogens with one attached hydrogen (secondary N) is 1. The molecule has 2 aromatic rings. The van der Waals surface area contributed by atoms with Crippen LogP contribution in [-0.4, -0.2) is 32.4 Å². The third-order valence-corrected chi connectivity index (χ3v) is 5.77. The maximum atomic E-state index is 12.8. The lowest BCUT2D eigenvalue weighted by Crippen LogP contribution is -2.65. The molecule has 1 saturated carbocycles. The zero-order chi connectivity index (χ0) is 16.2. The van der Waals surface area contributed by atoms with Gasteiger partial charge in [0.15, 0.2) is 4.77 Å². The Labute approximate surface area is 138 Å². The molecule has 2 heterocycles. The molecule has 1 aromatic heterocycles. The van der Waals surface area contributed by atoms with Gasteiger partial charge >= 0.3 is 0 Å². The lowest BCUT2D eigenvalue weighted by atomic mass is 9.67. The van der Waals surface area contributed by atoms with Crippen molar-refractivity contribution < 1.29 is 4.79 Å². The van der Waals surface area contributed by atoms with E-state index in [2.05, 4.69) is 4.98 Å². The van der Waals surface area contributed by atoms with E-state index in [0.717, 1.165) is 25.8 Å². The maximum Gasteiger partial charge on any atom is 0.262 e. The summed E-state index contributed by atoms with van der Waals surface area (Å²) < 4.78 is 1.92. The number of aromatic amines is 1. The average molecular weight is 329 g/mol. The van der Waals surface area contributed by atoms with Crippen LogP contribution >= 0.6 is 12.2 Å². The van der Waals surface area contributed by atoms with Gasteiger partial charge in [0.05, 0.1) is 10.9 Å². The van der Waals surface area contributed by atoms with Crippen molar-refractivity contribution in [1.29, 1.82) is 0 Å². The van der Waals surface area contributed by atoms with Gasteiger partial charge in [0.25, 0.3) is 11.5 Å². The molecule has 1 aliphatic carbocycles. The van der Waals surface area contributed by atoms with Crippen molar-refractivity contribution in [3.8, 4) is 0 Å². The van der Waals surface area contributed by atoms with Gasteiger partial charge in [0.1, 0.15) is 0 Å². The third-order valence-electron chi connectivity index (χ3n) is 5.45. The molecule has 0 bridgehead atoms. The fourth-order valence-corrected chi connectivity index (χ4v) is 4.11. The summed E-state index contributed by atoms with van der Waals surface area (Å²) in [5, 5.41) is 0.568. The van der Waals surface area contributed by atoms with Crippen LogP contribution in [0.3, 0.4) is 0 Å². The van der Waals surface area contributed by atoms with Crippen LogP contribution in [-0.2, 0) is 6.54 Å². The Balaban J connectivity index is 1.76. The second kappa shape index (κ2) is 5.03. The van der Waals surface area contributed by atoms with Crippen LogP contribution in [0.4, 0.5) is 0 Å². The number of likely N-dealkylation sites (tertiary alicyclic amines) is 1. The Morgan fingerprint density at radius 1 is 1.35 bits per heavy atom. The average Bonchev–Trinajstić information content (AvgIpc) is 2.44. The van der Waals surface area contributed by atoms with Gasteiger partial charge in [0, 0.05) is 24.2 Å². The van der Waals surface area contributed by atoms with E-state index >= 15 is 0 Å². The van der Waals surface area contributed by atoms with Crippen molar-refractivity contribution in [2.45, 2.75) is 44.7 Å². The molecule has 0 radical (unpaired) electrons. The third kappa shape index (κ3) is 2.01. The summed E-state index contributed by atoms with van der Waals surface area (Å²) in [6, 6.07) is 5.25. The first-order valence-corrected chi connectivity index (χ1v) is 8.55. The molecular formula is C17H19N3O2S. The van der Waals surface area contributed by atoms with Crippen LogP contribution in [0.15, 0.2) is 23.0 Å². The number of amides is 1.